The fraction of sp³-hybridized carbons (Fsp3) is 0.333. The summed E-state index contributed by atoms with van der Waals surface area (Å²) in [7, 11) is -2.32. The molecule has 0 aliphatic heterocycles. The van der Waals surface area contributed by atoms with Crippen LogP contribution in [0.5, 0.6) is 5.75 Å². The Kier molecular flexibility index (Phi) is 7.43. The van der Waals surface area contributed by atoms with E-state index >= 15 is 0 Å². The first kappa shape index (κ1) is 20.7. The highest BCUT2D eigenvalue weighted by Crippen LogP contribution is 2.27. The number of rotatable bonds is 9. The summed E-state index contributed by atoms with van der Waals surface area (Å²) in [6.45, 7) is 1.94. The highest BCUT2D eigenvalue weighted by molar-refractivity contribution is 7.89. The average molecular weight is 400 g/mol. The van der Waals surface area contributed by atoms with Crippen LogP contribution in [0.15, 0.2) is 47.4 Å². The molecule has 0 heterocycles. The van der Waals surface area contributed by atoms with E-state index in [2.05, 4.69) is 4.72 Å². The Morgan fingerprint density at radius 3 is 2.46 bits per heavy atom. The van der Waals surface area contributed by atoms with Crippen molar-refractivity contribution in [2.45, 2.75) is 17.9 Å². The second-order valence-corrected chi connectivity index (χ2v) is 7.82. The Morgan fingerprint density at radius 2 is 1.88 bits per heavy atom. The maximum Gasteiger partial charge on any atom is 0.240 e. The van der Waals surface area contributed by atoms with Gasteiger partial charge in [-0.05, 0) is 30.7 Å². The van der Waals surface area contributed by atoms with Crippen molar-refractivity contribution in [1.29, 1.82) is 0 Å². The van der Waals surface area contributed by atoms with Crippen LogP contribution in [-0.4, -0.2) is 40.4 Å². The maximum absolute atomic E-state index is 12.5. The number of ether oxygens (including phenoxy) is 2. The molecule has 2 rings (SSSR count). The summed E-state index contributed by atoms with van der Waals surface area (Å²) < 4.78 is 38.2. The van der Waals surface area contributed by atoms with Gasteiger partial charge in [0, 0.05) is 6.54 Å². The zero-order valence-corrected chi connectivity index (χ0v) is 16.2. The first-order chi connectivity index (χ1) is 12.4. The van der Waals surface area contributed by atoms with E-state index in [1.807, 2.05) is 31.2 Å². The lowest BCUT2D eigenvalue weighted by Crippen LogP contribution is -2.30. The molecule has 0 amide bonds. The van der Waals surface area contributed by atoms with E-state index in [0.717, 1.165) is 11.1 Å². The third-order valence-corrected chi connectivity index (χ3v) is 5.47. The van der Waals surface area contributed by atoms with Gasteiger partial charge >= 0.3 is 0 Å². The van der Waals surface area contributed by atoms with Crippen LogP contribution in [0, 0.1) is 6.92 Å². The minimum Gasteiger partial charge on any atom is -0.495 e. The Balaban J connectivity index is 2.15. The molecule has 2 N–H and O–H groups in total. The molecule has 0 unspecified atom stereocenters. The number of methoxy groups -OCH3 is 1. The van der Waals surface area contributed by atoms with Crippen molar-refractivity contribution in [3.8, 4) is 5.75 Å². The largest absolute Gasteiger partial charge is 0.495 e. The van der Waals surface area contributed by atoms with Crippen molar-refractivity contribution in [3.63, 3.8) is 0 Å². The van der Waals surface area contributed by atoms with Gasteiger partial charge in [-0.1, -0.05) is 41.4 Å². The van der Waals surface area contributed by atoms with E-state index in [0.29, 0.717) is 5.75 Å². The molecule has 0 saturated carbocycles. The Hall–Kier alpha value is -1.64. The first-order valence-corrected chi connectivity index (χ1v) is 9.85. The molecule has 6 nitrogen and oxygen atoms in total. The summed E-state index contributed by atoms with van der Waals surface area (Å²) >= 11 is 6.01. The predicted molar refractivity (Wildman–Crippen MR) is 100 cm³/mol. The number of aliphatic hydroxyl groups is 1. The zero-order chi connectivity index (χ0) is 19.2. The summed E-state index contributed by atoms with van der Waals surface area (Å²) in [5, 5.41) is 9.21. The molecule has 0 bridgehead atoms. The summed E-state index contributed by atoms with van der Waals surface area (Å²) in [4.78, 5) is 0.0353. The number of halogens is 1. The molecule has 0 saturated heterocycles. The summed E-state index contributed by atoms with van der Waals surface area (Å²) in [6.07, 6.45) is -0.522. The highest BCUT2D eigenvalue weighted by atomic mass is 35.5. The number of benzene rings is 2. The quantitative estimate of drug-likeness (QED) is 0.677. The summed E-state index contributed by atoms with van der Waals surface area (Å²) in [5.41, 5.74) is 1.91. The molecular weight excluding hydrogens is 378 g/mol. The predicted octanol–water partition coefficient (Wildman–Crippen LogP) is 2.69. The third-order valence-electron chi connectivity index (χ3n) is 3.75. The lowest BCUT2D eigenvalue weighted by atomic mass is 10.1. The SMILES string of the molecule is COc1ccc(S(=O)(=O)NC[C@@H](OCCO)c2ccc(C)cc2)cc1Cl. The number of sulfonamides is 1. The number of aryl methyl sites for hydroxylation is 1. The number of hydrogen-bond donors (Lipinski definition) is 2. The standard InChI is InChI=1S/C18H22ClNO5S/c1-13-3-5-14(6-4-13)18(25-10-9-21)12-20-26(22,23)15-7-8-17(24-2)16(19)11-15/h3-8,11,18,20-21H,9-10,12H2,1-2H3/t18-/m1/s1. The maximum atomic E-state index is 12.5. The molecule has 0 radical (unpaired) electrons. The van der Waals surface area contributed by atoms with Gasteiger partial charge in [0.25, 0.3) is 0 Å². The van der Waals surface area contributed by atoms with Crippen LogP contribution < -0.4 is 9.46 Å². The van der Waals surface area contributed by atoms with Crippen LogP contribution in [0.1, 0.15) is 17.2 Å². The van der Waals surface area contributed by atoms with Crippen molar-refractivity contribution in [3.05, 3.63) is 58.6 Å². The van der Waals surface area contributed by atoms with Crippen molar-refractivity contribution in [1.82, 2.24) is 4.72 Å². The molecule has 8 heteroatoms. The Labute approximate surface area is 158 Å². The molecule has 2 aromatic rings. The van der Waals surface area contributed by atoms with Crippen LogP contribution in [0.4, 0.5) is 0 Å². The summed E-state index contributed by atoms with van der Waals surface area (Å²) in [5.74, 6) is 0.398. The smallest absolute Gasteiger partial charge is 0.240 e. The van der Waals surface area contributed by atoms with Gasteiger partial charge in [-0.15, -0.1) is 0 Å². The van der Waals surface area contributed by atoms with E-state index in [1.165, 1.54) is 25.3 Å². The second-order valence-electron chi connectivity index (χ2n) is 5.64. The molecule has 142 valence electrons. The van der Waals surface area contributed by atoms with Crippen LogP contribution in [-0.2, 0) is 14.8 Å². The van der Waals surface area contributed by atoms with Gasteiger partial charge in [0.05, 0.1) is 36.3 Å². The fourth-order valence-corrected chi connectivity index (χ4v) is 3.71. The topological polar surface area (TPSA) is 84.9 Å². The highest BCUT2D eigenvalue weighted by Gasteiger charge is 2.20. The van der Waals surface area contributed by atoms with Gasteiger partial charge in [-0.2, -0.15) is 0 Å². The van der Waals surface area contributed by atoms with Gasteiger partial charge < -0.3 is 14.6 Å². The normalized spacial score (nSPS) is 12.8. The van der Waals surface area contributed by atoms with Crippen LogP contribution >= 0.6 is 11.6 Å². The minimum atomic E-state index is -3.78. The van der Waals surface area contributed by atoms with Crippen LogP contribution in [0.2, 0.25) is 5.02 Å². The lowest BCUT2D eigenvalue weighted by Gasteiger charge is -2.19. The van der Waals surface area contributed by atoms with Gasteiger partial charge in [-0.3, -0.25) is 0 Å². The van der Waals surface area contributed by atoms with Crippen molar-refractivity contribution >= 4 is 21.6 Å². The minimum absolute atomic E-state index is 0.0229. The fourth-order valence-electron chi connectivity index (χ4n) is 2.33. The van der Waals surface area contributed by atoms with E-state index in [9.17, 15) is 8.42 Å². The second kappa shape index (κ2) is 9.34. The first-order valence-electron chi connectivity index (χ1n) is 7.99. The number of nitrogens with one attached hydrogen (secondary N) is 1. The Bertz CT molecular complexity index is 824. The van der Waals surface area contributed by atoms with Crippen molar-refractivity contribution in [2.24, 2.45) is 0 Å². The zero-order valence-electron chi connectivity index (χ0n) is 14.6. The van der Waals surface area contributed by atoms with Crippen LogP contribution in [0.25, 0.3) is 0 Å². The molecule has 0 aromatic heterocycles. The van der Waals surface area contributed by atoms with Gasteiger partial charge in [-0.25, -0.2) is 13.1 Å². The molecule has 1 atom stereocenters. The molecule has 0 fully saturated rings. The molecule has 0 spiro atoms. The van der Waals surface area contributed by atoms with Gasteiger partial charge in [0.2, 0.25) is 10.0 Å². The molecular formula is C18H22ClNO5S. The average Bonchev–Trinajstić information content (AvgIpc) is 2.62. The molecule has 2 aromatic carbocycles. The summed E-state index contributed by atoms with van der Waals surface area (Å²) in [6, 6.07) is 11.8. The lowest BCUT2D eigenvalue weighted by molar-refractivity contribution is 0.0309. The van der Waals surface area contributed by atoms with E-state index in [4.69, 9.17) is 26.2 Å². The molecule has 0 aliphatic carbocycles. The third kappa shape index (κ3) is 5.43. The number of hydrogen-bond acceptors (Lipinski definition) is 5. The monoisotopic (exact) mass is 399 g/mol. The van der Waals surface area contributed by atoms with E-state index in [-0.39, 0.29) is 29.7 Å². The van der Waals surface area contributed by atoms with Crippen LogP contribution in [0.3, 0.4) is 0 Å². The molecule has 0 aliphatic rings. The van der Waals surface area contributed by atoms with E-state index in [1.54, 1.807) is 0 Å². The van der Waals surface area contributed by atoms with Gasteiger partial charge in [0.1, 0.15) is 5.75 Å². The Morgan fingerprint density at radius 1 is 1.19 bits per heavy atom. The molecule has 26 heavy (non-hydrogen) atoms. The van der Waals surface area contributed by atoms with Crippen molar-refractivity contribution in [2.75, 3.05) is 26.9 Å². The van der Waals surface area contributed by atoms with Gasteiger partial charge in [0.15, 0.2) is 0 Å². The van der Waals surface area contributed by atoms with E-state index < -0.39 is 16.1 Å². The number of aliphatic hydroxyl groups excluding tert-OH is 1. The van der Waals surface area contributed by atoms with Crippen molar-refractivity contribution < 1.29 is 23.0 Å².